The molecule has 0 aliphatic heterocycles. The van der Waals surface area contributed by atoms with Gasteiger partial charge >= 0.3 is 0 Å². The van der Waals surface area contributed by atoms with E-state index >= 15 is 0 Å². The zero-order valence-electron chi connectivity index (χ0n) is 7.53. The van der Waals surface area contributed by atoms with E-state index in [2.05, 4.69) is 0 Å². The highest BCUT2D eigenvalue weighted by Crippen LogP contribution is 2.10. The van der Waals surface area contributed by atoms with E-state index in [-0.39, 0.29) is 5.78 Å². The summed E-state index contributed by atoms with van der Waals surface area (Å²) >= 11 is 0. The van der Waals surface area contributed by atoms with Gasteiger partial charge in [0.25, 0.3) is 0 Å². The Hall–Kier alpha value is -1.16. The summed E-state index contributed by atoms with van der Waals surface area (Å²) in [5.41, 5.74) is 0.576. The predicted octanol–water partition coefficient (Wildman–Crippen LogP) is 1.92. The summed E-state index contributed by atoms with van der Waals surface area (Å²) in [6.07, 6.45) is 1.36. The van der Waals surface area contributed by atoms with E-state index in [0.29, 0.717) is 10.5 Å². The molecule has 13 heavy (non-hydrogen) atoms. The van der Waals surface area contributed by atoms with Crippen molar-refractivity contribution < 1.29 is 9.00 Å². The van der Waals surface area contributed by atoms with Gasteiger partial charge in [-0.25, -0.2) is 8.99 Å². The van der Waals surface area contributed by atoms with Gasteiger partial charge in [0.05, 0.1) is 9.73 Å². The fourth-order valence-electron chi connectivity index (χ4n) is 0.949. The molecular weight excluding hydrogens is 186 g/mol. The van der Waals surface area contributed by atoms with Crippen LogP contribution in [0.5, 0.6) is 0 Å². The first-order valence-corrected chi connectivity index (χ1v) is 5.72. The SMILES string of the molecule is CC(=O)c1ccc(S(C)(=N)=O)cc1. The van der Waals surface area contributed by atoms with Crippen molar-refractivity contribution in [3.05, 3.63) is 29.8 Å². The quantitative estimate of drug-likeness (QED) is 0.736. The Morgan fingerprint density at radius 3 is 2.08 bits per heavy atom. The molecule has 0 aliphatic rings. The molecule has 0 saturated carbocycles. The molecular formula is C9H11NO2S. The highest BCUT2D eigenvalue weighted by molar-refractivity contribution is 7.91. The van der Waals surface area contributed by atoms with Crippen molar-refractivity contribution >= 4 is 15.5 Å². The lowest BCUT2D eigenvalue weighted by atomic mass is 10.2. The van der Waals surface area contributed by atoms with E-state index in [4.69, 9.17) is 4.78 Å². The monoisotopic (exact) mass is 197 g/mol. The fraction of sp³-hybridized carbons (Fsp3) is 0.222. The molecule has 3 nitrogen and oxygen atoms in total. The summed E-state index contributed by atoms with van der Waals surface area (Å²) < 4.78 is 18.5. The first-order valence-electron chi connectivity index (χ1n) is 3.76. The number of hydrogen-bond donors (Lipinski definition) is 1. The molecule has 1 atom stereocenters. The molecule has 1 N–H and O–H groups in total. The lowest BCUT2D eigenvalue weighted by molar-refractivity contribution is 0.101. The minimum atomic E-state index is -2.66. The lowest BCUT2D eigenvalue weighted by Crippen LogP contribution is -1.96. The van der Waals surface area contributed by atoms with Crippen LogP contribution in [0.3, 0.4) is 0 Å². The summed E-state index contributed by atoms with van der Waals surface area (Å²) in [6.45, 7) is 1.47. The largest absolute Gasteiger partial charge is 0.295 e. The van der Waals surface area contributed by atoms with Gasteiger partial charge in [0, 0.05) is 16.7 Å². The number of nitrogens with one attached hydrogen (secondary N) is 1. The summed E-state index contributed by atoms with van der Waals surface area (Å²) in [6, 6.07) is 6.31. The van der Waals surface area contributed by atoms with Gasteiger partial charge in [0.1, 0.15) is 0 Å². The van der Waals surface area contributed by atoms with Crippen molar-refractivity contribution in [2.24, 2.45) is 0 Å². The van der Waals surface area contributed by atoms with Crippen LogP contribution in [-0.4, -0.2) is 16.2 Å². The summed E-state index contributed by atoms with van der Waals surface area (Å²) in [5, 5.41) is 0. The van der Waals surface area contributed by atoms with Crippen molar-refractivity contribution in [1.82, 2.24) is 0 Å². The standard InChI is InChI=1S/C9H11NO2S/c1-7(11)8-3-5-9(6-4-8)13(2,10)12/h3-6,10H,1-2H3. The summed E-state index contributed by atoms with van der Waals surface area (Å²) in [5.74, 6) is -0.0286. The smallest absolute Gasteiger partial charge is 0.159 e. The van der Waals surface area contributed by atoms with E-state index in [1.165, 1.54) is 13.2 Å². The lowest BCUT2D eigenvalue weighted by Gasteiger charge is -2.01. The third-order valence-corrected chi connectivity index (χ3v) is 2.88. The number of benzene rings is 1. The van der Waals surface area contributed by atoms with Crippen molar-refractivity contribution in [2.45, 2.75) is 11.8 Å². The van der Waals surface area contributed by atoms with Gasteiger partial charge in [-0.1, -0.05) is 12.1 Å². The molecule has 0 bridgehead atoms. The molecule has 1 unspecified atom stereocenters. The van der Waals surface area contributed by atoms with Crippen LogP contribution in [0.1, 0.15) is 17.3 Å². The summed E-state index contributed by atoms with van der Waals surface area (Å²) in [7, 11) is -2.66. The van der Waals surface area contributed by atoms with Gasteiger partial charge in [-0.2, -0.15) is 0 Å². The van der Waals surface area contributed by atoms with Gasteiger partial charge in [0.2, 0.25) is 0 Å². The average Bonchev–Trinajstić information content (AvgIpc) is 2.03. The first kappa shape index (κ1) is 9.92. The molecule has 70 valence electrons. The Labute approximate surface area is 77.8 Å². The Morgan fingerprint density at radius 2 is 1.77 bits per heavy atom. The molecule has 0 aromatic heterocycles. The van der Waals surface area contributed by atoms with Crippen LogP contribution in [-0.2, 0) is 9.73 Å². The Kier molecular flexibility index (Phi) is 2.52. The third-order valence-electron chi connectivity index (χ3n) is 1.71. The highest BCUT2D eigenvalue weighted by atomic mass is 32.2. The van der Waals surface area contributed by atoms with Crippen LogP contribution in [0.2, 0.25) is 0 Å². The van der Waals surface area contributed by atoms with E-state index in [0.717, 1.165) is 0 Å². The molecule has 0 heterocycles. The second-order valence-electron chi connectivity index (χ2n) is 2.92. The molecule has 1 aromatic rings. The molecule has 0 amide bonds. The van der Waals surface area contributed by atoms with Gasteiger partial charge in [-0.15, -0.1) is 0 Å². The average molecular weight is 197 g/mol. The number of carbonyl (C=O) groups excluding carboxylic acids is 1. The Balaban J connectivity index is 3.16. The maximum atomic E-state index is 11.3. The van der Waals surface area contributed by atoms with E-state index in [1.807, 2.05) is 0 Å². The van der Waals surface area contributed by atoms with Gasteiger partial charge in [-0.05, 0) is 19.1 Å². The van der Waals surface area contributed by atoms with Crippen LogP contribution < -0.4 is 0 Å². The molecule has 0 radical (unpaired) electrons. The van der Waals surface area contributed by atoms with E-state index < -0.39 is 9.73 Å². The molecule has 0 aliphatic carbocycles. The molecule has 1 aromatic carbocycles. The van der Waals surface area contributed by atoms with Crippen LogP contribution in [0, 0.1) is 4.78 Å². The molecule has 0 spiro atoms. The van der Waals surface area contributed by atoms with Crippen molar-refractivity contribution in [2.75, 3.05) is 6.26 Å². The van der Waals surface area contributed by atoms with Crippen LogP contribution >= 0.6 is 0 Å². The van der Waals surface area contributed by atoms with Crippen molar-refractivity contribution in [1.29, 1.82) is 4.78 Å². The topological polar surface area (TPSA) is 58.0 Å². The third kappa shape index (κ3) is 2.39. The minimum absolute atomic E-state index is 0.0286. The van der Waals surface area contributed by atoms with Gasteiger partial charge in [0.15, 0.2) is 5.78 Å². The van der Waals surface area contributed by atoms with E-state index in [9.17, 15) is 9.00 Å². The molecule has 0 fully saturated rings. The zero-order chi connectivity index (χ0) is 10.1. The van der Waals surface area contributed by atoms with Crippen LogP contribution in [0.15, 0.2) is 29.2 Å². The minimum Gasteiger partial charge on any atom is -0.295 e. The number of Topliss-reactive ketones (excluding diaryl/α,β-unsaturated/α-hetero) is 1. The predicted molar refractivity (Wildman–Crippen MR) is 51.5 cm³/mol. The van der Waals surface area contributed by atoms with Crippen LogP contribution in [0.4, 0.5) is 0 Å². The van der Waals surface area contributed by atoms with Crippen molar-refractivity contribution in [3.8, 4) is 0 Å². The molecule has 4 heteroatoms. The normalized spacial score (nSPS) is 14.9. The Bertz CT molecular complexity index is 417. The number of ketones is 1. The first-order chi connectivity index (χ1) is 5.91. The maximum absolute atomic E-state index is 11.3. The zero-order valence-corrected chi connectivity index (χ0v) is 8.35. The highest BCUT2D eigenvalue weighted by Gasteiger charge is 2.03. The summed E-state index contributed by atoms with van der Waals surface area (Å²) in [4.78, 5) is 11.3. The van der Waals surface area contributed by atoms with Gasteiger partial charge < -0.3 is 0 Å². The molecule has 0 saturated heterocycles. The molecule has 1 rings (SSSR count). The fourth-order valence-corrected chi connectivity index (χ4v) is 1.60. The number of carbonyl (C=O) groups is 1. The Morgan fingerprint density at radius 1 is 1.31 bits per heavy atom. The second-order valence-corrected chi connectivity index (χ2v) is 5.08. The van der Waals surface area contributed by atoms with E-state index in [1.54, 1.807) is 24.3 Å². The van der Waals surface area contributed by atoms with Crippen molar-refractivity contribution in [3.63, 3.8) is 0 Å². The number of rotatable bonds is 2. The maximum Gasteiger partial charge on any atom is 0.159 e. The van der Waals surface area contributed by atoms with Gasteiger partial charge in [-0.3, -0.25) is 4.79 Å². The second kappa shape index (κ2) is 3.30. The van der Waals surface area contributed by atoms with Crippen LogP contribution in [0.25, 0.3) is 0 Å². The number of hydrogen-bond acceptors (Lipinski definition) is 3.